The Morgan fingerprint density at radius 1 is 1.10 bits per heavy atom. The Hall–Kier alpha value is -2.34. The van der Waals surface area contributed by atoms with E-state index in [1.54, 1.807) is 7.11 Å². The van der Waals surface area contributed by atoms with Crippen LogP contribution in [-0.2, 0) is 4.74 Å². The van der Waals surface area contributed by atoms with Crippen molar-refractivity contribution in [3.05, 3.63) is 36.7 Å². The highest BCUT2D eigenvalue weighted by Gasteiger charge is 2.14. The summed E-state index contributed by atoms with van der Waals surface area (Å²) in [5.41, 5.74) is 0. The van der Waals surface area contributed by atoms with E-state index >= 15 is 0 Å². The first kappa shape index (κ1) is 13.6. The molecule has 1 aliphatic heterocycles. The van der Waals surface area contributed by atoms with Crippen LogP contribution >= 0.6 is 0 Å². The maximum absolute atomic E-state index is 5.80. The minimum Gasteiger partial charge on any atom is -0.493 e. The summed E-state index contributed by atoms with van der Waals surface area (Å²) in [6.45, 7) is 3.08. The van der Waals surface area contributed by atoms with Crippen molar-refractivity contribution in [2.24, 2.45) is 0 Å². The van der Waals surface area contributed by atoms with Gasteiger partial charge in [0.05, 0.1) is 20.3 Å². The number of benzene rings is 1. The third kappa shape index (κ3) is 3.22. The molecule has 1 aromatic heterocycles. The third-order valence-electron chi connectivity index (χ3n) is 3.25. The number of ether oxygens (including phenoxy) is 3. The Bertz CT molecular complexity index is 600. The van der Waals surface area contributed by atoms with Crippen LogP contribution in [0.1, 0.15) is 0 Å². The van der Waals surface area contributed by atoms with Crippen molar-refractivity contribution in [2.45, 2.75) is 0 Å². The van der Waals surface area contributed by atoms with Crippen LogP contribution in [0.5, 0.6) is 17.4 Å². The number of aromatic nitrogens is 2. The van der Waals surface area contributed by atoms with Crippen LogP contribution in [0.15, 0.2) is 36.7 Å². The topological polar surface area (TPSA) is 56.7 Å². The summed E-state index contributed by atoms with van der Waals surface area (Å²) in [5.74, 6) is 2.64. The molecule has 1 aliphatic rings. The van der Waals surface area contributed by atoms with E-state index in [4.69, 9.17) is 14.2 Å². The Morgan fingerprint density at radius 3 is 2.62 bits per heavy atom. The molecule has 0 amide bonds. The maximum atomic E-state index is 5.80. The summed E-state index contributed by atoms with van der Waals surface area (Å²) in [6.07, 6.45) is 1.51. The Kier molecular flexibility index (Phi) is 4.16. The van der Waals surface area contributed by atoms with Gasteiger partial charge in [-0.2, -0.15) is 0 Å². The summed E-state index contributed by atoms with van der Waals surface area (Å²) in [7, 11) is 1.61. The molecule has 2 heterocycles. The van der Waals surface area contributed by atoms with Crippen molar-refractivity contribution in [1.82, 2.24) is 9.97 Å². The molecule has 6 nitrogen and oxygen atoms in total. The first-order valence-corrected chi connectivity index (χ1v) is 6.82. The number of morpholine rings is 1. The molecular formula is C15H17N3O3. The van der Waals surface area contributed by atoms with Crippen LogP contribution in [0.4, 0.5) is 5.82 Å². The fourth-order valence-corrected chi connectivity index (χ4v) is 2.17. The van der Waals surface area contributed by atoms with Crippen molar-refractivity contribution < 1.29 is 14.2 Å². The fourth-order valence-electron chi connectivity index (χ4n) is 2.17. The van der Waals surface area contributed by atoms with E-state index in [0.717, 1.165) is 18.9 Å². The standard InChI is InChI=1S/C15H17N3O3/c1-19-12-4-2-3-5-13(12)21-15-10-14(16-11-17-15)18-6-8-20-9-7-18/h2-5,10-11H,6-9H2,1H3. The maximum Gasteiger partial charge on any atom is 0.224 e. The first-order chi connectivity index (χ1) is 10.4. The molecular weight excluding hydrogens is 270 g/mol. The minimum atomic E-state index is 0.496. The second-order valence-corrected chi connectivity index (χ2v) is 4.57. The predicted octanol–water partition coefficient (Wildman–Crippen LogP) is 2.11. The fraction of sp³-hybridized carbons (Fsp3) is 0.333. The van der Waals surface area contributed by atoms with Gasteiger partial charge in [0.1, 0.15) is 12.1 Å². The number of hydrogen-bond acceptors (Lipinski definition) is 6. The lowest BCUT2D eigenvalue weighted by Crippen LogP contribution is -2.36. The summed E-state index contributed by atoms with van der Waals surface area (Å²) in [4.78, 5) is 10.6. The number of hydrogen-bond donors (Lipinski definition) is 0. The molecule has 0 atom stereocenters. The Balaban J connectivity index is 1.79. The van der Waals surface area contributed by atoms with E-state index in [1.807, 2.05) is 30.3 Å². The second-order valence-electron chi connectivity index (χ2n) is 4.57. The zero-order chi connectivity index (χ0) is 14.5. The quantitative estimate of drug-likeness (QED) is 0.858. The zero-order valence-electron chi connectivity index (χ0n) is 11.9. The van der Waals surface area contributed by atoms with E-state index in [9.17, 15) is 0 Å². The van der Waals surface area contributed by atoms with Gasteiger partial charge < -0.3 is 19.1 Å². The zero-order valence-corrected chi connectivity index (χ0v) is 11.9. The molecule has 0 saturated carbocycles. The highest BCUT2D eigenvalue weighted by molar-refractivity contribution is 5.45. The molecule has 6 heteroatoms. The molecule has 0 bridgehead atoms. The van der Waals surface area contributed by atoms with Crippen LogP contribution in [0.3, 0.4) is 0 Å². The number of para-hydroxylation sites is 2. The molecule has 1 aromatic carbocycles. The van der Waals surface area contributed by atoms with E-state index in [2.05, 4.69) is 14.9 Å². The van der Waals surface area contributed by atoms with Gasteiger partial charge in [-0.15, -0.1) is 0 Å². The number of anilines is 1. The van der Waals surface area contributed by atoms with Gasteiger partial charge in [0.15, 0.2) is 11.5 Å². The molecule has 2 aromatic rings. The number of methoxy groups -OCH3 is 1. The summed E-state index contributed by atoms with van der Waals surface area (Å²) >= 11 is 0. The normalized spacial score (nSPS) is 14.8. The lowest BCUT2D eigenvalue weighted by atomic mass is 10.3. The minimum absolute atomic E-state index is 0.496. The highest BCUT2D eigenvalue weighted by Crippen LogP contribution is 2.30. The monoisotopic (exact) mass is 287 g/mol. The van der Waals surface area contributed by atoms with Crippen LogP contribution < -0.4 is 14.4 Å². The average molecular weight is 287 g/mol. The molecule has 21 heavy (non-hydrogen) atoms. The van der Waals surface area contributed by atoms with E-state index in [1.165, 1.54) is 6.33 Å². The second kappa shape index (κ2) is 6.41. The highest BCUT2D eigenvalue weighted by atomic mass is 16.5. The average Bonchev–Trinajstić information content (AvgIpc) is 2.56. The van der Waals surface area contributed by atoms with Gasteiger partial charge in [0.25, 0.3) is 0 Å². The summed E-state index contributed by atoms with van der Waals surface area (Å²) in [6, 6.07) is 9.30. The number of nitrogens with zero attached hydrogens (tertiary/aromatic N) is 3. The van der Waals surface area contributed by atoms with Gasteiger partial charge >= 0.3 is 0 Å². The molecule has 1 saturated heterocycles. The van der Waals surface area contributed by atoms with Gasteiger partial charge in [-0.25, -0.2) is 9.97 Å². The molecule has 0 radical (unpaired) electrons. The summed E-state index contributed by atoms with van der Waals surface area (Å²) in [5, 5.41) is 0. The van der Waals surface area contributed by atoms with Gasteiger partial charge in [-0.05, 0) is 12.1 Å². The molecule has 0 spiro atoms. The van der Waals surface area contributed by atoms with E-state index in [0.29, 0.717) is 30.6 Å². The summed E-state index contributed by atoms with van der Waals surface area (Å²) < 4.78 is 16.4. The Labute approximate surface area is 123 Å². The van der Waals surface area contributed by atoms with Crippen LogP contribution in [0.2, 0.25) is 0 Å². The van der Waals surface area contributed by atoms with Gasteiger partial charge in [-0.3, -0.25) is 0 Å². The molecule has 1 fully saturated rings. The van der Waals surface area contributed by atoms with Crippen molar-refractivity contribution in [2.75, 3.05) is 38.3 Å². The SMILES string of the molecule is COc1ccccc1Oc1cc(N2CCOCC2)ncn1. The van der Waals surface area contributed by atoms with E-state index < -0.39 is 0 Å². The van der Waals surface area contributed by atoms with Crippen molar-refractivity contribution in [1.29, 1.82) is 0 Å². The predicted molar refractivity (Wildman–Crippen MR) is 78.1 cm³/mol. The molecule has 110 valence electrons. The van der Waals surface area contributed by atoms with Crippen LogP contribution in [-0.4, -0.2) is 43.4 Å². The lowest BCUT2D eigenvalue weighted by Gasteiger charge is -2.27. The van der Waals surface area contributed by atoms with Gasteiger partial charge in [0.2, 0.25) is 5.88 Å². The molecule has 0 unspecified atom stereocenters. The first-order valence-electron chi connectivity index (χ1n) is 6.82. The van der Waals surface area contributed by atoms with Crippen LogP contribution in [0.25, 0.3) is 0 Å². The molecule has 0 N–H and O–H groups in total. The van der Waals surface area contributed by atoms with Gasteiger partial charge in [0, 0.05) is 19.2 Å². The Morgan fingerprint density at radius 2 is 1.86 bits per heavy atom. The molecule has 3 rings (SSSR count). The number of rotatable bonds is 4. The van der Waals surface area contributed by atoms with Crippen LogP contribution in [0, 0.1) is 0 Å². The van der Waals surface area contributed by atoms with Crippen molar-refractivity contribution in [3.63, 3.8) is 0 Å². The largest absolute Gasteiger partial charge is 0.493 e. The molecule has 0 aliphatic carbocycles. The third-order valence-corrected chi connectivity index (χ3v) is 3.25. The smallest absolute Gasteiger partial charge is 0.224 e. The van der Waals surface area contributed by atoms with E-state index in [-0.39, 0.29) is 0 Å². The lowest BCUT2D eigenvalue weighted by molar-refractivity contribution is 0.122. The van der Waals surface area contributed by atoms with Crippen molar-refractivity contribution >= 4 is 5.82 Å². The van der Waals surface area contributed by atoms with Gasteiger partial charge in [-0.1, -0.05) is 12.1 Å². The van der Waals surface area contributed by atoms with Crippen molar-refractivity contribution in [3.8, 4) is 17.4 Å².